The van der Waals surface area contributed by atoms with Gasteiger partial charge in [0.05, 0.1) is 16.7 Å². The van der Waals surface area contributed by atoms with E-state index in [4.69, 9.17) is 10.2 Å². The van der Waals surface area contributed by atoms with E-state index in [0.717, 1.165) is 0 Å². The highest BCUT2D eigenvalue weighted by Crippen LogP contribution is 2.63. The lowest BCUT2D eigenvalue weighted by Gasteiger charge is -2.41. The standard InChI is InChI=1S/C17H5F17O5/c18-11(14(23,24)25,15(26,27)28)7(12(19,16(29,30)31)17(32,33)34)8(13(20,21)22)39-4-1-2-5(9(35)36)6(3-4)10(37)38/h1-3H,(H,35,36)(H,37,38). The molecule has 0 saturated carbocycles. The second-order valence-electron chi connectivity index (χ2n) is 6.93. The molecule has 0 amide bonds. The first-order chi connectivity index (χ1) is 17.0. The molecule has 0 radical (unpaired) electrons. The van der Waals surface area contributed by atoms with Gasteiger partial charge in [-0.05, 0) is 18.2 Å². The summed E-state index contributed by atoms with van der Waals surface area (Å²) >= 11 is 0. The van der Waals surface area contributed by atoms with Crippen LogP contribution in [0.25, 0.3) is 0 Å². The van der Waals surface area contributed by atoms with Crippen molar-refractivity contribution in [3.8, 4) is 5.75 Å². The number of ether oxygens (including phenoxy) is 1. The third kappa shape index (κ3) is 5.77. The number of carbonyl (C=O) groups is 2. The van der Waals surface area contributed by atoms with E-state index in [9.17, 15) is 84.2 Å². The first-order valence-electron chi connectivity index (χ1n) is 8.71. The molecule has 222 valence electrons. The maximum Gasteiger partial charge on any atom is 0.449 e. The van der Waals surface area contributed by atoms with Gasteiger partial charge < -0.3 is 14.9 Å². The van der Waals surface area contributed by atoms with Crippen molar-refractivity contribution in [2.45, 2.75) is 42.2 Å². The number of hydrogen-bond acceptors (Lipinski definition) is 3. The minimum absolute atomic E-state index is 0.124. The van der Waals surface area contributed by atoms with Gasteiger partial charge >= 0.3 is 54.2 Å². The Morgan fingerprint density at radius 2 is 0.897 bits per heavy atom. The van der Waals surface area contributed by atoms with Crippen LogP contribution in [0.4, 0.5) is 74.6 Å². The molecule has 1 rings (SSSR count). The molecule has 0 aliphatic rings. The molecule has 0 atom stereocenters. The fourth-order valence-corrected chi connectivity index (χ4v) is 2.76. The molecule has 0 saturated heterocycles. The van der Waals surface area contributed by atoms with Crippen LogP contribution in [0, 0.1) is 0 Å². The van der Waals surface area contributed by atoms with Crippen molar-refractivity contribution < 1.29 is 99.2 Å². The van der Waals surface area contributed by atoms with E-state index in [1.807, 2.05) is 0 Å². The van der Waals surface area contributed by atoms with E-state index in [1.54, 1.807) is 0 Å². The molecular weight excluding hydrogens is 607 g/mol. The zero-order valence-electron chi connectivity index (χ0n) is 17.3. The lowest BCUT2D eigenvalue weighted by molar-refractivity contribution is -0.365. The van der Waals surface area contributed by atoms with Crippen LogP contribution in [-0.2, 0) is 0 Å². The molecule has 0 aromatic heterocycles. The molecule has 1 aromatic carbocycles. The van der Waals surface area contributed by atoms with Crippen molar-refractivity contribution in [2.75, 3.05) is 0 Å². The van der Waals surface area contributed by atoms with Crippen LogP contribution >= 0.6 is 0 Å². The molecule has 1 aromatic rings. The Kier molecular flexibility index (Phi) is 8.26. The minimum Gasteiger partial charge on any atom is -0.478 e. The Morgan fingerprint density at radius 1 is 0.564 bits per heavy atom. The van der Waals surface area contributed by atoms with Gasteiger partial charge in [0.25, 0.3) is 0 Å². The third-order valence-electron chi connectivity index (χ3n) is 4.41. The van der Waals surface area contributed by atoms with Gasteiger partial charge in [-0.2, -0.15) is 65.9 Å². The molecule has 39 heavy (non-hydrogen) atoms. The lowest BCUT2D eigenvalue weighted by atomic mass is 9.79. The predicted octanol–water partition coefficient (Wildman–Crippen LogP) is 6.94. The molecule has 0 bridgehead atoms. The Bertz CT molecular complexity index is 1080. The summed E-state index contributed by atoms with van der Waals surface area (Å²) in [5, 5.41) is 17.6. The summed E-state index contributed by atoms with van der Waals surface area (Å²) in [7, 11) is 0. The SMILES string of the molecule is O=C(O)c1ccc(OC(=C(C(F)(C(F)(F)F)C(F)(F)F)C(F)(C(F)(F)F)C(F)(F)F)C(F)(F)F)cc1C(=O)O. The van der Waals surface area contributed by atoms with Crippen LogP contribution in [0.3, 0.4) is 0 Å². The van der Waals surface area contributed by atoms with E-state index >= 15 is 0 Å². The summed E-state index contributed by atoms with van der Waals surface area (Å²) in [5.74, 6) is -11.7. The fourth-order valence-electron chi connectivity index (χ4n) is 2.76. The van der Waals surface area contributed by atoms with Gasteiger partial charge in [-0.25, -0.2) is 18.4 Å². The topological polar surface area (TPSA) is 83.8 Å². The Hall–Kier alpha value is -3.49. The number of alkyl halides is 17. The summed E-state index contributed by atoms with van der Waals surface area (Å²) in [6, 6.07) is -0.958. The minimum atomic E-state index is -8.42. The van der Waals surface area contributed by atoms with Crippen molar-refractivity contribution in [3.05, 3.63) is 40.7 Å². The van der Waals surface area contributed by atoms with Crippen LogP contribution in [0.5, 0.6) is 5.75 Å². The van der Waals surface area contributed by atoms with E-state index in [2.05, 4.69) is 4.74 Å². The van der Waals surface area contributed by atoms with Gasteiger partial charge in [-0.15, -0.1) is 0 Å². The molecule has 0 fully saturated rings. The normalized spacial score (nSPS) is 14.2. The molecule has 0 aliphatic carbocycles. The molecule has 22 heteroatoms. The smallest absolute Gasteiger partial charge is 0.449 e. The number of carboxylic acids is 2. The highest BCUT2D eigenvalue weighted by atomic mass is 19.4. The fraction of sp³-hybridized carbons (Fsp3) is 0.412. The number of halogens is 17. The average Bonchev–Trinajstić information content (AvgIpc) is 2.68. The number of carboxylic acid groups (broad SMARTS) is 2. The van der Waals surface area contributed by atoms with Crippen LogP contribution in [-0.4, -0.2) is 64.4 Å². The lowest BCUT2D eigenvalue weighted by Crippen LogP contribution is -2.67. The summed E-state index contributed by atoms with van der Waals surface area (Å²) in [5.41, 5.74) is -25.7. The highest BCUT2D eigenvalue weighted by molar-refractivity contribution is 6.02. The predicted molar refractivity (Wildman–Crippen MR) is 86.0 cm³/mol. The van der Waals surface area contributed by atoms with Crippen LogP contribution in [0.1, 0.15) is 20.7 Å². The van der Waals surface area contributed by atoms with Crippen molar-refractivity contribution in [1.29, 1.82) is 0 Å². The number of allylic oxidation sites excluding steroid dienone is 2. The first-order valence-corrected chi connectivity index (χ1v) is 8.71. The number of aromatic carboxylic acids is 2. The third-order valence-corrected chi connectivity index (χ3v) is 4.41. The zero-order chi connectivity index (χ0) is 31.4. The summed E-state index contributed by atoms with van der Waals surface area (Å²) in [4.78, 5) is 22.0. The second kappa shape index (κ2) is 9.61. The van der Waals surface area contributed by atoms with E-state index in [-0.39, 0.29) is 12.1 Å². The summed E-state index contributed by atoms with van der Waals surface area (Å²) in [6.07, 6.45) is -40.3. The Morgan fingerprint density at radius 3 is 1.15 bits per heavy atom. The average molecular weight is 612 g/mol. The largest absolute Gasteiger partial charge is 0.478 e. The molecule has 0 aliphatic heterocycles. The molecule has 0 spiro atoms. The molecule has 0 heterocycles. The Labute approximate surface area is 201 Å². The van der Waals surface area contributed by atoms with E-state index < -0.39 is 88.4 Å². The summed E-state index contributed by atoms with van der Waals surface area (Å²) in [6.45, 7) is 0. The first kappa shape index (κ1) is 33.5. The monoisotopic (exact) mass is 612 g/mol. The van der Waals surface area contributed by atoms with E-state index in [0.29, 0.717) is 0 Å². The van der Waals surface area contributed by atoms with Gasteiger partial charge in [0.1, 0.15) is 5.75 Å². The number of benzene rings is 1. The van der Waals surface area contributed by atoms with Gasteiger partial charge in [0.15, 0.2) is 0 Å². The molecular formula is C17H5F17O5. The van der Waals surface area contributed by atoms with Crippen molar-refractivity contribution in [3.63, 3.8) is 0 Å². The number of hydrogen-bond donors (Lipinski definition) is 2. The van der Waals surface area contributed by atoms with Gasteiger partial charge in [-0.1, -0.05) is 0 Å². The van der Waals surface area contributed by atoms with Crippen LogP contribution < -0.4 is 4.74 Å². The zero-order valence-corrected chi connectivity index (χ0v) is 17.3. The quantitative estimate of drug-likeness (QED) is 0.269. The maximum atomic E-state index is 14.6. The summed E-state index contributed by atoms with van der Waals surface area (Å²) < 4.78 is 231. The van der Waals surface area contributed by atoms with Crippen molar-refractivity contribution in [1.82, 2.24) is 0 Å². The van der Waals surface area contributed by atoms with Crippen molar-refractivity contribution >= 4 is 11.9 Å². The van der Waals surface area contributed by atoms with Crippen LogP contribution in [0.2, 0.25) is 0 Å². The van der Waals surface area contributed by atoms with Crippen LogP contribution in [0.15, 0.2) is 29.5 Å². The highest BCUT2D eigenvalue weighted by Gasteiger charge is 2.88. The van der Waals surface area contributed by atoms with Gasteiger partial charge in [-0.3, -0.25) is 0 Å². The molecule has 0 unspecified atom stereocenters. The molecule has 5 nitrogen and oxygen atoms in total. The van der Waals surface area contributed by atoms with E-state index in [1.165, 1.54) is 0 Å². The maximum absolute atomic E-state index is 14.6. The van der Waals surface area contributed by atoms with Gasteiger partial charge in [0, 0.05) is 0 Å². The molecule has 2 N–H and O–H groups in total. The number of rotatable bonds is 6. The Balaban J connectivity index is 4.57. The van der Waals surface area contributed by atoms with Gasteiger partial charge in [0.2, 0.25) is 5.76 Å². The van der Waals surface area contributed by atoms with Crippen molar-refractivity contribution in [2.24, 2.45) is 0 Å². The second-order valence-corrected chi connectivity index (χ2v) is 6.93.